The Morgan fingerprint density at radius 3 is 2.21 bits per heavy atom. The van der Waals surface area contributed by atoms with E-state index in [1.807, 2.05) is 37.3 Å². The van der Waals surface area contributed by atoms with E-state index in [-0.39, 0.29) is 0 Å². The number of nitrogens with one attached hydrogen (secondary N) is 1. The van der Waals surface area contributed by atoms with Crippen molar-refractivity contribution in [3.8, 4) is 17.2 Å². The van der Waals surface area contributed by atoms with E-state index >= 15 is 0 Å². The van der Waals surface area contributed by atoms with E-state index < -0.39 is 11.7 Å². The Hall–Kier alpha value is -3.61. The van der Waals surface area contributed by atoms with Crippen LogP contribution in [0.1, 0.15) is 27.3 Å². The first-order valence-corrected chi connectivity index (χ1v) is 9.07. The number of benzene rings is 2. The van der Waals surface area contributed by atoms with Gasteiger partial charge in [-0.3, -0.25) is 9.59 Å². The molecule has 0 aliphatic heterocycles. The Bertz CT molecular complexity index is 1070. The number of methoxy groups -OCH3 is 2. The van der Waals surface area contributed by atoms with Gasteiger partial charge >= 0.3 is 0 Å². The molecule has 1 amide bonds. The van der Waals surface area contributed by atoms with E-state index in [1.165, 1.54) is 14.2 Å². The van der Waals surface area contributed by atoms with Gasteiger partial charge in [-0.05, 0) is 44.5 Å². The molecule has 0 unspecified atom stereocenters. The first kappa shape index (κ1) is 20.1. The molecule has 0 atom stereocenters. The Morgan fingerprint density at radius 1 is 0.966 bits per heavy atom. The minimum atomic E-state index is -0.737. The molecule has 0 fully saturated rings. The molecule has 3 aromatic rings. The average Bonchev–Trinajstić information content (AvgIpc) is 3.03. The lowest BCUT2D eigenvalue weighted by molar-refractivity contribution is -0.112. The standard InChI is InChI=1S/C22H23N3O4/c1-13-11-18(28-4)19(29-5)12-17(13)23-22(27)21(26)20-14(2)24-25(15(20)3)16-9-7-6-8-10-16/h6-12H,1-5H3,(H,23,27). The third-order valence-corrected chi connectivity index (χ3v) is 4.70. The molecule has 0 saturated heterocycles. The number of hydrogen-bond donors (Lipinski definition) is 1. The van der Waals surface area contributed by atoms with Crippen molar-refractivity contribution >= 4 is 17.4 Å². The van der Waals surface area contributed by atoms with Crippen LogP contribution < -0.4 is 14.8 Å². The number of aromatic nitrogens is 2. The van der Waals surface area contributed by atoms with E-state index in [2.05, 4.69) is 10.4 Å². The van der Waals surface area contributed by atoms with E-state index in [0.717, 1.165) is 11.3 Å². The molecule has 0 spiro atoms. The summed E-state index contributed by atoms with van der Waals surface area (Å²) in [4.78, 5) is 25.6. The summed E-state index contributed by atoms with van der Waals surface area (Å²) in [6.07, 6.45) is 0. The minimum absolute atomic E-state index is 0.296. The van der Waals surface area contributed by atoms with Gasteiger partial charge in [0.25, 0.3) is 11.7 Å². The zero-order chi connectivity index (χ0) is 21.1. The summed E-state index contributed by atoms with van der Waals surface area (Å²) in [5.74, 6) is -0.370. The fourth-order valence-corrected chi connectivity index (χ4v) is 3.20. The van der Waals surface area contributed by atoms with Gasteiger partial charge in [0.2, 0.25) is 0 Å². The van der Waals surface area contributed by atoms with Crippen molar-refractivity contribution in [2.24, 2.45) is 0 Å². The van der Waals surface area contributed by atoms with Gasteiger partial charge in [0.05, 0.1) is 36.9 Å². The van der Waals surface area contributed by atoms with E-state index in [9.17, 15) is 9.59 Å². The SMILES string of the molecule is COc1cc(C)c(NC(=O)C(=O)c2c(C)nn(-c3ccccc3)c2C)cc1OC. The highest BCUT2D eigenvalue weighted by atomic mass is 16.5. The van der Waals surface area contributed by atoms with Gasteiger partial charge in [0.15, 0.2) is 11.5 Å². The highest BCUT2D eigenvalue weighted by Gasteiger charge is 2.26. The Kier molecular flexibility index (Phi) is 5.68. The van der Waals surface area contributed by atoms with Crippen LogP contribution in [-0.4, -0.2) is 35.7 Å². The fourth-order valence-electron chi connectivity index (χ4n) is 3.20. The summed E-state index contributed by atoms with van der Waals surface area (Å²) >= 11 is 0. The molecule has 150 valence electrons. The third kappa shape index (κ3) is 3.85. The highest BCUT2D eigenvalue weighted by molar-refractivity contribution is 6.47. The van der Waals surface area contributed by atoms with Gasteiger partial charge in [-0.25, -0.2) is 4.68 Å². The fraction of sp³-hybridized carbons (Fsp3) is 0.227. The molecule has 0 bridgehead atoms. The zero-order valence-electron chi connectivity index (χ0n) is 17.1. The lowest BCUT2D eigenvalue weighted by atomic mass is 10.1. The summed E-state index contributed by atoms with van der Waals surface area (Å²) < 4.78 is 12.2. The highest BCUT2D eigenvalue weighted by Crippen LogP contribution is 2.33. The average molecular weight is 393 g/mol. The quantitative estimate of drug-likeness (QED) is 0.511. The first-order valence-electron chi connectivity index (χ1n) is 9.07. The Labute approximate surface area is 169 Å². The molecular weight excluding hydrogens is 370 g/mol. The van der Waals surface area contributed by atoms with Crippen LogP contribution in [0.25, 0.3) is 5.69 Å². The third-order valence-electron chi connectivity index (χ3n) is 4.70. The van der Waals surface area contributed by atoms with Crippen molar-refractivity contribution in [1.29, 1.82) is 0 Å². The number of Topliss-reactive ketones (excluding diaryl/α,β-unsaturated/α-hetero) is 1. The van der Waals surface area contributed by atoms with Crippen LogP contribution >= 0.6 is 0 Å². The number of rotatable bonds is 6. The molecule has 7 nitrogen and oxygen atoms in total. The lowest BCUT2D eigenvalue weighted by Gasteiger charge is -2.13. The predicted molar refractivity (Wildman–Crippen MR) is 110 cm³/mol. The minimum Gasteiger partial charge on any atom is -0.493 e. The number of hydrogen-bond acceptors (Lipinski definition) is 5. The molecule has 2 aromatic carbocycles. The molecule has 1 heterocycles. The number of anilines is 1. The Morgan fingerprint density at radius 2 is 1.59 bits per heavy atom. The molecule has 0 saturated carbocycles. The lowest BCUT2D eigenvalue weighted by Crippen LogP contribution is -2.24. The van der Waals surface area contributed by atoms with E-state index in [4.69, 9.17) is 9.47 Å². The maximum atomic E-state index is 12.9. The monoisotopic (exact) mass is 393 g/mol. The molecule has 3 rings (SSSR count). The number of aryl methyl sites for hydroxylation is 2. The molecule has 0 aliphatic rings. The summed E-state index contributed by atoms with van der Waals surface area (Å²) in [5.41, 5.74) is 3.45. The van der Waals surface area contributed by atoms with Crippen LogP contribution in [0.2, 0.25) is 0 Å². The van der Waals surface area contributed by atoms with Crippen molar-refractivity contribution in [2.45, 2.75) is 20.8 Å². The summed E-state index contributed by atoms with van der Waals surface area (Å²) in [6, 6.07) is 12.8. The van der Waals surface area contributed by atoms with Crippen LogP contribution in [-0.2, 0) is 4.79 Å². The molecule has 1 N–H and O–H groups in total. The van der Waals surface area contributed by atoms with Crippen LogP contribution in [0, 0.1) is 20.8 Å². The number of ketones is 1. The summed E-state index contributed by atoms with van der Waals surface area (Å²) in [5, 5.41) is 7.11. The van der Waals surface area contributed by atoms with Crippen LogP contribution in [0.15, 0.2) is 42.5 Å². The number of carbonyl (C=O) groups is 2. The second-order valence-corrected chi connectivity index (χ2v) is 6.60. The number of amides is 1. The smallest absolute Gasteiger partial charge is 0.296 e. The van der Waals surface area contributed by atoms with Crippen molar-refractivity contribution < 1.29 is 19.1 Å². The van der Waals surface area contributed by atoms with E-state index in [1.54, 1.807) is 30.7 Å². The maximum absolute atomic E-state index is 12.9. The van der Waals surface area contributed by atoms with Crippen LogP contribution in [0.4, 0.5) is 5.69 Å². The number of nitrogens with zero attached hydrogens (tertiary/aromatic N) is 2. The number of carbonyl (C=O) groups excluding carboxylic acids is 2. The maximum Gasteiger partial charge on any atom is 0.296 e. The normalized spacial score (nSPS) is 10.5. The van der Waals surface area contributed by atoms with Gasteiger partial charge in [-0.2, -0.15) is 5.10 Å². The second-order valence-electron chi connectivity index (χ2n) is 6.60. The number of para-hydroxylation sites is 1. The summed E-state index contributed by atoms with van der Waals surface area (Å²) in [7, 11) is 3.05. The van der Waals surface area contributed by atoms with Crippen LogP contribution in [0.3, 0.4) is 0 Å². The van der Waals surface area contributed by atoms with Gasteiger partial charge in [-0.1, -0.05) is 18.2 Å². The second kappa shape index (κ2) is 8.18. The molecule has 0 aliphatic carbocycles. The predicted octanol–water partition coefficient (Wildman–Crippen LogP) is 3.64. The molecule has 29 heavy (non-hydrogen) atoms. The number of ether oxygens (including phenoxy) is 2. The van der Waals surface area contributed by atoms with E-state index in [0.29, 0.717) is 34.1 Å². The largest absolute Gasteiger partial charge is 0.493 e. The van der Waals surface area contributed by atoms with Crippen LogP contribution in [0.5, 0.6) is 11.5 Å². The molecule has 7 heteroatoms. The topological polar surface area (TPSA) is 82.5 Å². The molecular formula is C22H23N3O4. The molecule has 0 radical (unpaired) electrons. The molecule has 1 aromatic heterocycles. The van der Waals surface area contributed by atoms with Crippen molar-refractivity contribution in [3.05, 3.63) is 65.0 Å². The van der Waals surface area contributed by atoms with Crippen molar-refractivity contribution in [1.82, 2.24) is 9.78 Å². The zero-order valence-corrected chi connectivity index (χ0v) is 17.1. The summed E-state index contributed by atoms with van der Waals surface area (Å²) in [6.45, 7) is 5.30. The van der Waals surface area contributed by atoms with Crippen molar-refractivity contribution in [3.63, 3.8) is 0 Å². The van der Waals surface area contributed by atoms with Gasteiger partial charge < -0.3 is 14.8 Å². The van der Waals surface area contributed by atoms with Gasteiger partial charge in [-0.15, -0.1) is 0 Å². The Balaban J connectivity index is 1.90. The van der Waals surface area contributed by atoms with Gasteiger partial charge in [0, 0.05) is 11.8 Å². The first-order chi connectivity index (χ1) is 13.9. The van der Waals surface area contributed by atoms with Crippen molar-refractivity contribution in [2.75, 3.05) is 19.5 Å². The van der Waals surface area contributed by atoms with Gasteiger partial charge in [0.1, 0.15) is 0 Å².